The van der Waals surface area contributed by atoms with Crippen molar-refractivity contribution in [1.29, 1.82) is 0 Å². The van der Waals surface area contributed by atoms with Gasteiger partial charge >= 0.3 is 0 Å². The molecule has 3 aromatic rings. The Kier molecular flexibility index (Phi) is 6.30. The molecule has 0 fully saturated rings. The highest BCUT2D eigenvalue weighted by molar-refractivity contribution is 5.84. The minimum absolute atomic E-state index is 0.499. The summed E-state index contributed by atoms with van der Waals surface area (Å²) in [4.78, 5) is 12.4. The normalized spacial score (nSPS) is 11.6. The van der Waals surface area contributed by atoms with E-state index >= 15 is 0 Å². The minimum Gasteiger partial charge on any atom is -0.481 e. The maximum absolute atomic E-state index is 5.16. The highest BCUT2D eigenvalue weighted by Crippen LogP contribution is 2.19. The van der Waals surface area contributed by atoms with Crippen LogP contribution in [0.25, 0.3) is 10.9 Å². The maximum Gasteiger partial charge on any atom is 0.213 e. The van der Waals surface area contributed by atoms with E-state index in [4.69, 9.17) is 4.74 Å². The summed E-state index contributed by atoms with van der Waals surface area (Å²) >= 11 is 0. The first-order valence-electron chi connectivity index (χ1n) is 9.28. The zero-order chi connectivity index (χ0) is 19.1. The lowest BCUT2D eigenvalue weighted by molar-refractivity contribution is 0.396. The van der Waals surface area contributed by atoms with Crippen LogP contribution in [0.2, 0.25) is 0 Å². The van der Waals surface area contributed by atoms with E-state index in [0.29, 0.717) is 12.4 Å². The molecule has 0 unspecified atom stereocenters. The van der Waals surface area contributed by atoms with Gasteiger partial charge in [-0.25, -0.2) is 9.98 Å². The zero-order valence-corrected chi connectivity index (χ0v) is 16.2. The van der Waals surface area contributed by atoms with Gasteiger partial charge in [-0.05, 0) is 43.5 Å². The van der Waals surface area contributed by atoms with Crippen molar-refractivity contribution in [2.75, 3.05) is 20.2 Å². The van der Waals surface area contributed by atoms with Crippen molar-refractivity contribution in [3.05, 3.63) is 59.4 Å². The summed E-state index contributed by atoms with van der Waals surface area (Å²) in [7, 11) is 1.62. The SMILES string of the molecule is CCNC(=NCc1cccc(OC)n1)NCCc1c[nH]c2cc(C)ccc12. The molecule has 0 aliphatic heterocycles. The van der Waals surface area contributed by atoms with Crippen molar-refractivity contribution < 1.29 is 4.74 Å². The van der Waals surface area contributed by atoms with E-state index in [2.05, 4.69) is 63.8 Å². The van der Waals surface area contributed by atoms with E-state index in [1.165, 1.54) is 22.0 Å². The molecule has 0 radical (unpaired) electrons. The number of nitrogens with zero attached hydrogens (tertiary/aromatic N) is 2. The number of pyridine rings is 1. The van der Waals surface area contributed by atoms with Crippen molar-refractivity contribution >= 4 is 16.9 Å². The first-order valence-corrected chi connectivity index (χ1v) is 9.28. The molecule has 3 rings (SSSR count). The number of aliphatic imine (C=N–C) groups is 1. The zero-order valence-electron chi connectivity index (χ0n) is 16.2. The molecule has 0 saturated carbocycles. The molecular weight excluding hydrogens is 338 g/mol. The fourth-order valence-electron chi connectivity index (χ4n) is 2.98. The lowest BCUT2D eigenvalue weighted by Gasteiger charge is -2.11. The van der Waals surface area contributed by atoms with Crippen LogP contribution in [0.5, 0.6) is 5.88 Å². The first kappa shape index (κ1) is 18.8. The van der Waals surface area contributed by atoms with Gasteiger partial charge in [-0.15, -0.1) is 0 Å². The molecule has 0 amide bonds. The molecule has 0 aliphatic rings. The van der Waals surface area contributed by atoms with Crippen LogP contribution in [0.3, 0.4) is 0 Å². The van der Waals surface area contributed by atoms with Crippen LogP contribution in [-0.4, -0.2) is 36.1 Å². The molecule has 0 saturated heterocycles. The number of benzene rings is 1. The molecule has 0 atom stereocenters. The Bertz CT molecular complexity index is 916. The van der Waals surface area contributed by atoms with Crippen molar-refractivity contribution in [3.8, 4) is 5.88 Å². The van der Waals surface area contributed by atoms with Gasteiger partial charge in [0, 0.05) is 36.3 Å². The number of hydrogen-bond acceptors (Lipinski definition) is 3. The Morgan fingerprint density at radius 3 is 2.93 bits per heavy atom. The highest BCUT2D eigenvalue weighted by atomic mass is 16.5. The van der Waals surface area contributed by atoms with Gasteiger partial charge in [-0.1, -0.05) is 18.2 Å². The third kappa shape index (κ3) is 5.00. The minimum atomic E-state index is 0.499. The monoisotopic (exact) mass is 365 g/mol. The van der Waals surface area contributed by atoms with Gasteiger partial charge in [0.25, 0.3) is 0 Å². The second kappa shape index (κ2) is 9.07. The van der Waals surface area contributed by atoms with E-state index in [0.717, 1.165) is 31.2 Å². The van der Waals surface area contributed by atoms with Crippen LogP contribution in [0.15, 0.2) is 47.6 Å². The summed E-state index contributed by atoms with van der Waals surface area (Å²) in [6.07, 6.45) is 3.01. The summed E-state index contributed by atoms with van der Waals surface area (Å²) in [6.45, 7) is 6.28. The average Bonchev–Trinajstić information content (AvgIpc) is 3.08. The van der Waals surface area contributed by atoms with Crippen LogP contribution >= 0.6 is 0 Å². The summed E-state index contributed by atoms with van der Waals surface area (Å²) < 4.78 is 5.16. The smallest absolute Gasteiger partial charge is 0.213 e. The number of aromatic nitrogens is 2. The molecule has 6 heteroatoms. The van der Waals surface area contributed by atoms with Crippen LogP contribution < -0.4 is 15.4 Å². The Hall–Kier alpha value is -3.02. The number of aryl methyl sites for hydroxylation is 1. The second-order valence-corrected chi connectivity index (χ2v) is 6.41. The Labute approximate surface area is 160 Å². The summed E-state index contributed by atoms with van der Waals surface area (Å²) in [6, 6.07) is 12.2. The molecule has 27 heavy (non-hydrogen) atoms. The molecule has 0 spiro atoms. The van der Waals surface area contributed by atoms with E-state index in [9.17, 15) is 0 Å². The quantitative estimate of drug-likeness (QED) is 0.444. The van der Waals surface area contributed by atoms with Gasteiger partial charge in [-0.3, -0.25) is 0 Å². The van der Waals surface area contributed by atoms with Crippen LogP contribution in [-0.2, 0) is 13.0 Å². The third-order valence-corrected chi connectivity index (χ3v) is 4.34. The summed E-state index contributed by atoms with van der Waals surface area (Å²) in [5.41, 5.74) is 4.64. The Morgan fingerprint density at radius 1 is 1.22 bits per heavy atom. The first-order chi connectivity index (χ1) is 13.2. The molecule has 2 heterocycles. The van der Waals surface area contributed by atoms with Crippen molar-refractivity contribution in [2.45, 2.75) is 26.8 Å². The number of aromatic amines is 1. The highest BCUT2D eigenvalue weighted by Gasteiger charge is 2.05. The Morgan fingerprint density at radius 2 is 2.11 bits per heavy atom. The fraction of sp³-hybridized carbons (Fsp3) is 0.333. The van der Waals surface area contributed by atoms with Crippen molar-refractivity contribution in [1.82, 2.24) is 20.6 Å². The van der Waals surface area contributed by atoms with Crippen LogP contribution in [0.1, 0.15) is 23.7 Å². The Balaban J connectivity index is 1.60. The van der Waals surface area contributed by atoms with Gasteiger partial charge in [0.05, 0.1) is 19.3 Å². The number of hydrogen-bond donors (Lipinski definition) is 3. The van der Waals surface area contributed by atoms with Crippen molar-refractivity contribution in [3.63, 3.8) is 0 Å². The summed E-state index contributed by atoms with van der Waals surface area (Å²) in [5, 5.41) is 7.96. The molecule has 3 N–H and O–H groups in total. The average molecular weight is 365 g/mol. The third-order valence-electron chi connectivity index (χ3n) is 4.34. The van der Waals surface area contributed by atoms with E-state index in [1.807, 2.05) is 18.2 Å². The second-order valence-electron chi connectivity index (χ2n) is 6.41. The number of guanidine groups is 1. The molecule has 6 nitrogen and oxygen atoms in total. The molecule has 0 bridgehead atoms. The van der Waals surface area contributed by atoms with E-state index < -0.39 is 0 Å². The van der Waals surface area contributed by atoms with Crippen LogP contribution in [0.4, 0.5) is 0 Å². The molecule has 2 aromatic heterocycles. The lowest BCUT2D eigenvalue weighted by atomic mass is 10.1. The number of fused-ring (bicyclic) bond motifs is 1. The number of H-pyrrole nitrogens is 1. The molecular formula is C21H27N5O. The molecule has 0 aliphatic carbocycles. The van der Waals surface area contributed by atoms with Gasteiger partial charge in [-0.2, -0.15) is 0 Å². The topological polar surface area (TPSA) is 74.3 Å². The van der Waals surface area contributed by atoms with Gasteiger partial charge in [0.2, 0.25) is 5.88 Å². The van der Waals surface area contributed by atoms with Crippen LogP contribution in [0, 0.1) is 6.92 Å². The lowest BCUT2D eigenvalue weighted by Crippen LogP contribution is -2.38. The standard InChI is InChI=1S/C21H27N5O/c1-4-22-21(25-14-17-6-5-7-20(26-17)27-3)23-11-10-16-13-24-19-12-15(2)8-9-18(16)19/h5-9,12-13,24H,4,10-11,14H2,1-3H3,(H2,22,23,25). The van der Waals surface area contributed by atoms with Gasteiger partial charge < -0.3 is 20.4 Å². The van der Waals surface area contributed by atoms with Gasteiger partial charge in [0.15, 0.2) is 5.96 Å². The number of ether oxygens (including phenoxy) is 1. The van der Waals surface area contributed by atoms with E-state index in [-0.39, 0.29) is 0 Å². The predicted molar refractivity (Wildman–Crippen MR) is 110 cm³/mol. The number of methoxy groups -OCH3 is 1. The maximum atomic E-state index is 5.16. The largest absolute Gasteiger partial charge is 0.481 e. The fourth-order valence-corrected chi connectivity index (χ4v) is 2.98. The summed E-state index contributed by atoms with van der Waals surface area (Å²) in [5.74, 6) is 1.40. The molecule has 142 valence electrons. The van der Waals surface area contributed by atoms with E-state index in [1.54, 1.807) is 7.11 Å². The van der Waals surface area contributed by atoms with Gasteiger partial charge in [0.1, 0.15) is 0 Å². The number of nitrogens with one attached hydrogen (secondary N) is 3. The molecule has 1 aromatic carbocycles. The number of rotatable bonds is 7. The predicted octanol–water partition coefficient (Wildman–Crippen LogP) is 3.18. The van der Waals surface area contributed by atoms with Crippen molar-refractivity contribution in [2.24, 2.45) is 4.99 Å².